The first-order valence-corrected chi connectivity index (χ1v) is 10.9. The molecule has 1 aliphatic heterocycles. The number of fused-ring (bicyclic) bond motifs is 2. The van der Waals surface area contributed by atoms with Crippen molar-refractivity contribution < 1.29 is 9.13 Å². The van der Waals surface area contributed by atoms with Crippen LogP contribution >= 0.6 is 0 Å². The minimum atomic E-state index is -0.624. The first-order chi connectivity index (χ1) is 15.5. The van der Waals surface area contributed by atoms with Crippen molar-refractivity contribution in [3.05, 3.63) is 95.4 Å². The summed E-state index contributed by atoms with van der Waals surface area (Å²) in [7, 11) is 4.12. The fraction of sp³-hybridized carbons (Fsp3) is 0.259. The molecule has 2 unspecified atom stereocenters. The average Bonchev–Trinajstić information content (AvgIpc) is 3.19. The van der Waals surface area contributed by atoms with E-state index in [2.05, 4.69) is 49.1 Å². The van der Waals surface area contributed by atoms with Gasteiger partial charge >= 0.3 is 0 Å². The third-order valence-electron chi connectivity index (χ3n) is 6.31. The van der Waals surface area contributed by atoms with Gasteiger partial charge in [-0.2, -0.15) is 0 Å². The van der Waals surface area contributed by atoms with Crippen LogP contribution in [0, 0.1) is 11.7 Å². The van der Waals surface area contributed by atoms with Crippen LogP contribution in [0.3, 0.4) is 0 Å². The summed E-state index contributed by atoms with van der Waals surface area (Å²) < 4.78 is 20.3. The van der Waals surface area contributed by atoms with Crippen molar-refractivity contribution in [2.45, 2.75) is 19.1 Å². The SMILES string of the molecule is CC(CN(C)C)C1(c2ccc(F)cc2)OCc2cc(-c3cnc4ccccc4n3)ccc21. The Hall–Kier alpha value is -3.15. The summed E-state index contributed by atoms with van der Waals surface area (Å²) in [6.07, 6.45) is 1.82. The molecule has 0 radical (unpaired) electrons. The van der Waals surface area contributed by atoms with E-state index in [1.165, 1.54) is 12.1 Å². The van der Waals surface area contributed by atoms with Gasteiger partial charge in [-0.3, -0.25) is 4.98 Å². The van der Waals surface area contributed by atoms with E-state index in [1.807, 2.05) is 42.6 Å². The van der Waals surface area contributed by atoms with E-state index in [1.54, 1.807) is 0 Å². The average molecular weight is 428 g/mol. The lowest BCUT2D eigenvalue weighted by Gasteiger charge is -2.37. The van der Waals surface area contributed by atoms with Crippen molar-refractivity contribution in [2.75, 3.05) is 20.6 Å². The Kier molecular flexibility index (Phi) is 5.24. The fourth-order valence-electron chi connectivity index (χ4n) is 4.91. The molecule has 0 aliphatic carbocycles. The second-order valence-electron chi connectivity index (χ2n) is 8.81. The first kappa shape index (κ1) is 20.7. The van der Waals surface area contributed by atoms with Crippen LogP contribution in [0.5, 0.6) is 0 Å². The number of benzene rings is 3. The molecule has 0 amide bonds. The maximum absolute atomic E-state index is 13.7. The molecule has 0 saturated heterocycles. The zero-order chi connectivity index (χ0) is 22.3. The Morgan fingerprint density at radius 2 is 1.78 bits per heavy atom. The van der Waals surface area contributed by atoms with Crippen LogP contribution in [0.25, 0.3) is 22.3 Å². The molecule has 0 N–H and O–H groups in total. The van der Waals surface area contributed by atoms with Crippen LogP contribution in [0.1, 0.15) is 23.6 Å². The van der Waals surface area contributed by atoms with Gasteiger partial charge in [0.2, 0.25) is 0 Å². The first-order valence-electron chi connectivity index (χ1n) is 10.9. The molecular formula is C27H26FN3O. The van der Waals surface area contributed by atoms with E-state index in [0.717, 1.165) is 45.5 Å². The highest BCUT2D eigenvalue weighted by molar-refractivity contribution is 5.77. The number of hydrogen-bond acceptors (Lipinski definition) is 4. The van der Waals surface area contributed by atoms with E-state index < -0.39 is 5.60 Å². The Morgan fingerprint density at radius 1 is 1.03 bits per heavy atom. The third-order valence-corrected chi connectivity index (χ3v) is 6.31. The molecule has 2 heterocycles. The normalized spacial score (nSPS) is 18.8. The van der Waals surface area contributed by atoms with Crippen molar-refractivity contribution in [3.63, 3.8) is 0 Å². The fourth-order valence-corrected chi connectivity index (χ4v) is 4.91. The molecule has 1 aromatic heterocycles. The zero-order valence-corrected chi connectivity index (χ0v) is 18.5. The maximum Gasteiger partial charge on any atom is 0.123 e. The van der Waals surface area contributed by atoms with Crippen LogP contribution in [0.2, 0.25) is 0 Å². The molecule has 0 saturated carbocycles. The molecule has 1 aliphatic rings. The summed E-state index contributed by atoms with van der Waals surface area (Å²) >= 11 is 0. The van der Waals surface area contributed by atoms with Gasteiger partial charge in [-0.1, -0.05) is 43.3 Å². The predicted molar refractivity (Wildman–Crippen MR) is 125 cm³/mol. The number of nitrogens with zero attached hydrogens (tertiary/aromatic N) is 3. The molecule has 5 heteroatoms. The lowest BCUT2D eigenvalue weighted by Crippen LogP contribution is -2.40. The van der Waals surface area contributed by atoms with Gasteiger partial charge in [-0.25, -0.2) is 9.37 Å². The van der Waals surface area contributed by atoms with Crippen LogP contribution < -0.4 is 0 Å². The smallest absolute Gasteiger partial charge is 0.123 e. The summed E-state index contributed by atoms with van der Waals surface area (Å²) in [6, 6.07) is 21.0. The molecule has 5 rings (SSSR count). The quantitative estimate of drug-likeness (QED) is 0.427. The van der Waals surface area contributed by atoms with E-state index in [0.29, 0.717) is 6.61 Å². The maximum atomic E-state index is 13.7. The highest BCUT2D eigenvalue weighted by Crippen LogP contribution is 2.48. The minimum Gasteiger partial charge on any atom is -0.361 e. The Bertz CT molecular complexity index is 1270. The third kappa shape index (κ3) is 3.48. The van der Waals surface area contributed by atoms with Crippen molar-refractivity contribution in [2.24, 2.45) is 5.92 Å². The van der Waals surface area contributed by atoms with Gasteiger partial charge in [0, 0.05) is 18.0 Å². The van der Waals surface area contributed by atoms with Gasteiger partial charge < -0.3 is 9.64 Å². The van der Waals surface area contributed by atoms with E-state index in [4.69, 9.17) is 9.72 Å². The van der Waals surface area contributed by atoms with Crippen LogP contribution in [0.15, 0.2) is 72.9 Å². The van der Waals surface area contributed by atoms with E-state index >= 15 is 0 Å². The number of para-hydroxylation sites is 2. The molecular weight excluding hydrogens is 401 g/mol. The molecule has 32 heavy (non-hydrogen) atoms. The van der Waals surface area contributed by atoms with Crippen LogP contribution in [-0.4, -0.2) is 35.5 Å². The Labute approximate surface area is 187 Å². The Morgan fingerprint density at radius 3 is 2.53 bits per heavy atom. The summed E-state index contributed by atoms with van der Waals surface area (Å²) in [5.41, 5.74) is 6.23. The molecule has 4 nitrogen and oxygen atoms in total. The number of halogens is 1. The van der Waals surface area contributed by atoms with Gasteiger partial charge in [-0.15, -0.1) is 0 Å². The molecule has 0 spiro atoms. The van der Waals surface area contributed by atoms with E-state index in [-0.39, 0.29) is 11.7 Å². The monoisotopic (exact) mass is 427 g/mol. The van der Waals surface area contributed by atoms with Gasteiger partial charge in [-0.05, 0) is 61.1 Å². The summed E-state index contributed by atoms with van der Waals surface area (Å²) in [5, 5.41) is 0. The van der Waals surface area contributed by atoms with Gasteiger partial charge in [0.1, 0.15) is 11.4 Å². The summed E-state index contributed by atoms with van der Waals surface area (Å²) in [5.74, 6) is -0.0804. The number of aromatic nitrogens is 2. The van der Waals surface area contributed by atoms with Gasteiger partial charge in [0.15, 0.2) is 0 Å². The van der Waals surface area contributed by atoms with Crippen LogP contribution in [0.4, 0.5) is 4.39 Å². The van der Waals surface area contributed by atoms with E-state index in [9.17, 15) is 4.39 Å². The zero-order valence-electron chi connectivity index (χ0n) is 18.5. The summed E-state index contributed by atoms with van der Waals surface area (Å²) in [6.45, 7) is 3.54. The van der Waals surface area contributed by atoms with Crippen molar-refractivity contribution in [3.8, 4) is 11.3 Å². The topological polar surface area (TPSA) is 38.2 Å². The number of rotatable bonds is 5. The summed E-state index contributed by atoms with van der Waals surface area (Å²) in [4.78, 5) is 11.5. The second kappa shape index (κ2) is 8.08. The largest absolute Gasteiger partial charge is 0.361 e. The van der Waals surface area contributed by atoms with Crippen molar-refractivity contribution in [1.82, 2.24) is 14.9 Å². The lowest BCUT2D eigenvalue weighted by atomic mass is 9.76. The Balaban J connectivity index is 1.60. The lowest BCUT2D eigenvalue weighted by molar-refractivity contribution is -0.0505. The van der Waals surface area contributed by atoms with Crippen LogP contribution in [-0.2, 0) is 16.9 Å². The number of ether oxygens (including phenoxy) is 1. The molecule has 2 atom stereocenters. The van der Waals surface area contributed by atoms with Gasteiger partial charge in [0.25, 0.3) is 0 Å². The van der Waals surface area contributed by atoms with Crippen molar-refractivity contribution >= 4 is 11.0 Å². The standard InChI is InChI=1S/C27H26FN3O/c1-18(16-31(2)3)27(21-9-11-22(28)12-10-21)23-13-8-19(14-20(23)17-32-27)26-15-29-24-6-4-5-7-25(24)30-26/h4-15,18H,16-17H2,1-3H3. The molecule has 0 bridgehead atoms. The molecule has 0 fully saturated rings. The molecule has 162 valence electrons. The molecule has 3 aromatic carbocycles. The predicted octanol–water partition coefficient (Wildman–Crippen LogP) is 5.41. The highest BCUT2D eigenvalue weighted by atomic mass is 19.1. The van der Waals surface area contributed by atoms with Crippen molar-refractivity contribution in [1.29, 1.82) is 0 Å². The minimum absolute atomic E-state index is 0.163. The second-order valence-corrected chi connectivity index (χ2v) is 8.81. The highest BCUT2D eigenvalue weighted by Gasteiger charge is 2.46. The number of hydrogen-bond donors (Lipinski definition) is 0. The molecule has 4 aromatic rings. The van der Waals surface area contributed by atoms with Gasteiger partial charge in [0.05, 0.1) is 29.5 Å².